The Morgan fingerprint density at radius 1 is 1.27 bits per heavy atom. The molecule has 0 aromatic rings. The minimum Gasteiger partial charge on any atom is -0.379 e. The van der Waals surface area contributed by atoms with Crippen LogP contribution in [0.3, 0.4) is 0 Å². The quantitative estimate of drug-likeness (QED) is 0.610. The average Bonchev–Trinajstić information content (AvgIpc) is 2.51. The number of nitrogens with zero attached hydrogens (tertiary/aromatic N) is 1. The van der Waals surface area contributed by atoms with Gasteiger partial charge in [-0.1, -0.05) is 19.8 Å². The lowest BCUT2D eigenvalue weighted by atomic mass is 10.0. The highest BCUT2D eigenvalue weighted by molar-refractivity contribution is 5.73. The van der Waals surface area contributed by atoms with Gasteiger partial charge >= 0.3 is 6.03 Å². The number of nitrogens with one attached hydrogen (secondary N) is 2. The van der Waals surface area contributed by atoms with Gasteiger partial charge in [-0.15, -0.1) is 0 Å². The molecule has 1 unspecified atom stereocenters. The van der Waals surface area contributed by atoms with Crippen LogP contribution in [-0.4, -0.2) is 55.9 Å². The number of hydrogen-bond acceptors (Lipinski definition) is 3. The van der Waals surface area contributed by atoms with Crippen molar-refractivity contribution >= 4 is 6.03 Å². The van der Waals surface area contributed by atoms with Crippen LogP contribution in [0.1, 0.15) is 59.3 Å². The SMILES string of the molecule is CCCCN1CCCCC1CNC(=O)NCCCOC(C)C. The molecule has 1 heterocycles. The van der Waals surface area contributed by atoms with Gasteiger partial charge in [0.15, 0.2) is 0 Å². The number of piperidine rings is 1. The van der Waals surface area contributed by atoms with E-state index in [9.17, 15) is 4.79 Å². The summed E-state index contributed by atoms with van der Waals surface area (Å²) in [6.45, 7) is 10.8. The molecule has 2 amide bonds. The summed E-state index contributed by atoms with van der Waals surface area (Å²) in [4.78, 5) is 14.4. The lowest BCUT2D eigenvalue weighted by molar-refractivity contribution is 0.0774. The summed E-state index contributed by atoms with van der Waals surface area (Å²) >= 11 is 0. The Labute approximate surface area is 136 Å². The Kier molecular flexibility index (Phi) is 10.2. The number of rotatable bonds is 10. The number of carbonyl (C=O) groups is 1. The topological polar surface area (TPSA) is 53.6 Å². The molecule has 22 heavy (non-hydrogen) atoms. The summed E-state index contributed by atoms with van der Waals surface area (Å²) in [5, 5.41) is 5.93. The molecule has 0 spiro atoms. The predicted octanol–water partition coefficient (Wildman–Crippen LogP) is 2.76. The maximum absolute atomic E-state index is 11.8. The second-order valence-electron chi connectivity index (χ2n) is 6.45. The Morgan fingerprint density at radius 2 is 2.09 bits per heavy atom. The van der Waals surface area contributed by atoms with Crippen molar-refractivity contribution in [3.05, 3.63) is 0 Å². The molecule has 5 nitrogen and oxygen atoms in total. The minimum absolute atomic E-state index is 0.0504. The summed E-state index contributed by atoms with van der Waals surface area (Å²) in [6, 6.07) is 0.459. The van der Waals surface area contributed by atoms with E-state index in [-0.39, 0.29) is 12.1 Å². The molecular weight excluding hydrogens is 278 g/mol. The molecule has 0 saturated carbocycles. The van der Waals surface area contributed by atoms with Crippen LogP contribution in [0.4, 0.5) is 4.79 Å². The van der Waals surface area contributed by atoms with Crippen LogP contribution in [-0.2, 0) is 4.74 Å². The van der Waals surface area contributed by atoms with Crippen LogP contribution in [0.5, 0.6) is 0 Å². The van der Waals surface area contributed by atoms with Gasteiger partial charge in [0.2, 0.25) is 0 Å². The third kappa shape index (κ3) is 8.59. The van der Waals surface area contributed by atoms with Crippen LogP contribution in [0.2, 0.25) is 0 Å². The number of unbranched alkanes of at least 4 members (excludes halogenated alkanes) is 1. The zero-order valence-corrected chi connectivity index (χ0v) is 14.7. The van der Waals surface area contributed by atoms with E-state index in [1.165, 1.54) is 38.6 Å². The van der Waals surface area contributed by atoms with Crippen molar-refractivity contribution in [1.82, 2.24) is 15.5 Å². The third-order valence-electron chi connectivity index (χ3n) is 4.10. The summed E-state index contributed by atoms with van der Waals surface area (Å²) in [5.74, 6) is 0. The maximum Gasteiger partial charge on any atom is 0.314 e. The van der Waals surface area contributed by atoms with Gasteiger partial charge in [-0.25, -0.2) is 4.79 Å². The first-order valence-corrected chi connectivity index (χ1v) is 9.00. The molecule has 5 heteroatoms. The summed E-state index contributed by atoms with van der Waals surface area (Å²) in [6.07, 6.45) is 7.37. The molecule has 1 fully saturated rings. The van der Waals surface area contributed by atoms with E-state index in [1.807, 2.05) is 13.8 Å². The summed E-state index contributed by atoms with van der Waals surface area (Å²) < 4.78 is 5.45. The van der Waals surface area contributed by atoms with Crippen molar-refractivity contribution in [3.8, 4) is 0 Å². The fourth-order valence-corrected chi connectivity index (χ4v) is 2.81. The number of urea groups is 1. The van der Waals surface area contributed by atoms with E-state index in [1.54, 1.807) is 0 Å². The molecular formula is C17H35N3O2. The van der Waals surface area contributed by atoms with E-state index in [2.05, 4.69) is 22.5 Å². The standard InChI is InChI=1S/C17H35N3O2/c1-4-5-11-20-12-7-6-9-16(20)14-19-17(21)18-10-8-13-22-15(2)3/h15-16H,4-14H2,1-3H3,(H2,18,19,21). The first-order chi connectivity index (χ1) is 10.6. The Hall–Kier alpha value is -0.810. The van der Waals surface area contributed by atoms with Crippen molar-refractivity contribution in [2.75, 3.05) is 32.8 Å². The minimum atomic E-state index is -0.0504. The van der Waals surface area contributed by atoms with Gasteiger partial charge in [0.05, 0.1) is 6.10 Å². The number of ether oxygens (including phenoxy) is 1. The second kappa shape index (κ2) is 11.7. The molecule has 0 aromatic carbocycles. The van der Waals surface area contributed by atoms with Crippen LogP contribution in [0.25, 0.3) is 0 Å². The first kappa shape index (κ1) is 19.2. The highest BCUT2D eigenvalue weighted by Crippen LogP contribution is 2.16. The number of hydrogen-bond donors (Lipinski definition) is 2. The Morgan fingerprint density at radius 3 is 2.82 bits per heavy atom. The molecule has 0 aromatic heterocycles. The van der Waals surface area contributed by atoms with Crippen molar-refractivity contribution in [1.29, 1.82) is 0 Å². The highest BCUT2D eigenvalue weighted by atomic mass is 16.5. The summed E-state index contributed by atoms with van der Waals surface area (Å²) in [5.41, 5.74) is 0. The maximum atomic E-state index is 11.8. The molecule has 130 valence electrons. The lowest BCUT2D eigenvalue weighted by Crippen LogP contribution is -2.49. The zero-order chi connectivity index (χ0) is 16.2. The molecule has 0 bridgehead atoms. The van der Waals surface area contributed by atoms with Crippen molar-refractivity contribution in [2.45, 2.75) is 71.4 Å². The van der Waals surface area contributed by atoms with Crippen LogP contribution >= 0.6 is 0 Å². The Bertz CT molecular complexity index is 298. The van der Waals surface area contributed by atoms with Crippen molar-refractivity contribution < 1.29 is 9.53 Å². The first-order valence-electron chi connectivity index (χ1n) is 9.00. The second-order valence-corrected chi connectivity index (χ2v) is 6.45. The van der Waals surface area contributed by atoms with Crippen molar-refractivity contribution in [2.24, 2.45) is 0 Å². The van der Waals surface area contributed by atoms with Crippen LogP contribution in [0.15, 0.2) is 0 Å². The molecule has 0 aliphatic carbocycles. The van der Waals surface area contributed by atoms with Gasteiger partial charge in [-0.05, 0) is 52.6 Å². The number of amides is 2. The van der Waals surface area contributed by atoms with Gasteiger partial charge in [0.1, 0.15) is 0 Å². The van der Waals surface area contributed by atoms with Crippen LogP contribution in [0, 0.1) is 0 Å². The molecule has 1 saturated heterocycles. The van der Waals surface area contributed by atoms with Gasteiger partial charge in [-0.3, -0.25) is 4.90 Å². The van der Waals surface area contributed by atoms with Gasteiger partial charge < -0.3 is 15.4 Å². The molecule has 2 N–H and O–H groups in total. The largest absolute Gasteiger partial charge is 0.379 e. The molecule has 0 radical (unpaired) electrons. The van der Waals surface area contributed by atoms with E-state index in [0.717, 1.165) is 19.5 Å². The van der Waals surface area contributed by atoms with Crippen LogP contribution < -0.4 is 10.6 Å². The fraction of sp³-hybridized carbons (Fsp3) is 0.941. The monoisotopic (exact) mass is 313 g/mol. The van der Waals surface area contributed by atoms with E-state index in [4.69, 9.17) is 4.74 Å². The zero-order valence-electron chi connectivity index (χ0n) is 14.7. The van der Waals surface area contributed by atoms with E-state index in [0.29, 0.717) is 19.2 Å². The van der Waals surface area contributed by atoms with E-state index >= 15 is 0 Å². The number of carbonyl (C=O) groups excluding carboxylic acids is 1. The van der Waals surface area contributed by atoms with Gasteiger partial charge in [0, 0.05) is 25.7 Å². The van der Waals surface area contributed by atoms with Crippen molar-refractivity contribution in [3.63, 3.8) is 0 Å². The molecule has 1 aliphatic heterocycles. The van der Waals surface area contributed by atoms with Gasteiger partial charge in [0.25, 0.3) is 0 Å². The predicted molar refractivity (Wildman–Crippen MR) is 91.2 cm³/mol. The number of likely N-dealkylation sites (tertiary alicyclic amines) is 1. The highest BCUT2D eigenvalue weighted by Gasteiger charge is 2.21. The fourth-order valence-electron chi connectivity index (χ4n) is 2.81. The molecule has 1 atom stereocenters. The molecule has 1 aliphatic rings. The summed E-state index contributed by atoms with van der Waals surface area (Å²) in [7, 11) is 0. The molecule has 1 rings (SSSR count). The smallest absolute Gasteiger partial charge is 0.314 e. The lowest BCUT2D eigenvalue weighted by Gasteiger charge is -2.35. The third-order valence-corrected chi connectivity index (χ3v) is 4.10. The Balaban J connectivity index is 2.13. The average molecular weight is 313 g/mol. The normalized spacial score (nSPS) is 19.4. The van der Waals surface area contributed by atoms with E-state index < -0.39 is 0 Å². The van der Waals surface area contributed by atoms with Gasteiger partial charge in [-0.2, -0.15) is 0 Å².